The van der Waals surface area contributed by atoms with Crippen molar-refractivity contribution in [1.82, 2.24) is 15.2 Å². The molecule has 2 heterocycles. The van der Waals surface area contributed by atoms with Crippen LogP contribution in [0.1, 0.15) is 21.5 Å². The molecule has 1 saturated heterocycles. The number of amides is 2. The molecule has 1 N–H and O–H groups in total. The van der Waals surface area contributed by atoms with Crippen molar-refractivity contribution in [3.05, 3.63) is 46.5 Å². The second kappa shape index (κ2) is 7.65. The van der Waals surface area contributed by atoms with Crippen molar-refractivity contribution in [1.29, 1.82) is 0 Å². The summed E-state index contributed by atoms with van der Waals surface area (Å²) in [6, 6.07) is 5.68. The molecule has 0 spiro atoms. The number of carbonyl (C=O) groups is 2. The SMILES string of the molecule is Cc1cc(C)cc(C(=O)NCC(=O)N2CCN(c3nccs3)CC2)c1. The second-order valence-electron chi connectivity index (χ2n) is 6.24. The Morgan fingerprint density at radius 3 is 2.40 bits per heavy atom. The Labute approximate surface area is 151 Å². The third-order valence-corrected chi connectivity index (χ3v) is 5.04. The molecule has 1 fully saturated rings. The Kier molecular flexibility index (Phi) is 5.33. The van der Waals surface area contributed by atoms with Gasteiger partial charge in [-0.25, -0.2) is 4.98 Å². The van der Waals surface area contributed by atoms with Crippen molar-refractivity contribution in [2.75, 3.05) is 37.6 Å². The first kappa shape index (κ1) is 17.4. The number of benzene rings is 1. The Morgan fingerprint density at radius 1 is 1.12 bits per heavy atom. The lowest BCUT2D eigenvalue weighted by molar-refractivity contribution is -0.130. The highest BCUT2D eigenvalue weighted by molar-refractivity contribution is 7.13. The zero-order valence-electron chi connectivity index (χ0n) is 14.5. The highest BCUT2D eigenvalue weighted by Crippen LogP contribution is 2.18. The maximum Gasteiger partial charge on any atom is 0.251 e. The molecule has 6 nitrogen and oxygen atoms in total. The smallest absolute Gasteiger partial charge is 0.251 e. The van der Waals surface area contributed by atoms with E-state index in [1.807, 2.05) is 37.4 Å². The molecule has 0 bridgehead atoms. The molecule has 25 heavy (non-hydrogen) atoms. The summed E-state index contributed by atoms with van der Waals surface area (Å²) in [6.07, 6.45) is 1.79. The van der Waals surface area contributed by atoms with E-state index in [0.717, 1.165) is 29.3 Å². The molecule has 1 aromatic carbocycles. The third-order valence-electron chi connectivity index (χ3n) is 4.21. The summed E-state index contributed by atoms with van der Waals surface area (Å²) in [5.74, 6) is -0.252. The van der Waals surface area contributed by atoms with Gasteiger partial charge in [0.2, 0.25) is 5.91 Å². The van der Waals surface area contributed by atoms with Gasteiger partial charge in [-0.15, -0.1) is 11.3 Å². The van der Waals surface area contributed by atoms with Crippen LogP contribution < -0.4 is 10.2 Å². The molecule has 2 amide bonds. The molecule has 1 aromatic heterocycles. The van der Waals surface area contributed by atoms with E-state index in [4.69, 9.17) is 0 Å². The first-order valence-corrected chi connectivity index (χ1v) is 9.19. The van der Waals surface area contributed by atoms with Crippen molar-refractivity contribution in [2.24, 2.45) is 0 Å². The van der Waals surface area contributed by atoms with Gasteiger partial charge in [0.1, 0.15) is 0 Å². The van der Waals surface area contributed by atoms with Crippen LogP contribution in [0.25, 0.3) is 0 Å². The minimum atomic E-state index is -0.207. The fraction of sp³-hybridized carbons (Fsp3) is 0.389. The van der Waals surface area contributed by atoms with Crippen LogP contribution in [0.4, 0.5) is 5.13 Å². The molecule has 132 valence electrons. The summed E-state index contributed by atoms with van der Waals surface area (Å²) in [6.45, 7) is 6.78. The molecule has 0 unspecified atom stereocenters. The maximum absolute atomic E-state index is 12.3. The van der Waals surface area contributed by atoms with E-state index in [1.54, 1.807) is 22.4 Å². The van der Waals surface area contributed by atoms with Gasteiger partial charge in [-0.2, -0.15) is 0 Å². The van der Waals surface area contributed by atoms with Crippen LogP contribution in [0, 0.1) is 13.8 Å². The van der Waals surface area contributed by atoms with Crippen molar-refractivity contribution >= 4 is 28.3 Å². The molecule has 0 saturated carbocycles. The number of hydrogen-bond donors (Lipinski definition) is 1. The van der Waals surface area contributed by atoms with Crippen molar-refractivity contribution < 1.29 is 9.59 Å². The van der Waals surface area contributed by atoms with Gasteiger partial charge in [-0.1, -0.05) is 17.2 Å². The molecular formula is C18H22N4O2S. The summed E-state index contributed by atoms with van der Waals surface area (Å²) in [4.78, 5) is 32.9. The van der Waals surface area contributed by atoms with Gasteiger partial charge in [0, 0.05) is 43.3 Å². The third kappa shape index (κ3) is 4.36. The number of carbonyl (C=O) groups excluding carboxylic acids is 2. The number of thiazole rings is 1. The monoisotopic (exact) mass is 358 g/mol. The summed E-state index contributed by atoms with van der Waals surface area (Å²) in [5, 5.41) is 5.68. The van der Waals surface area contributed by atoms with Gasteiger partial charge in [-0.3, -0.25) is 9.59 Å². The number of hydrogen-bond acceptors (Lipinski definition) is 5. The van der Waals surface area contributed by atoms with Crippen LogP contribution in [-0.2, 0) is 4.79 Å². The number of nitrogens with one attached hydrogen (secondary N) is 1. The largest absolute Gasteiger partial charge is 0.345 e. The van der Waals surface area contributed by atoms with Crippen LogP contribution in [0.2, 0.25) is 0 Å². The average Bonchev–Trinajstić information content (AvgIpc) is 3.13. The van der Waals surface area contributed by atoms with Crippen molar-refractivity contribution in [3.8, 4) is 0 Å². The molecule has 2 aromatic rings. The van der Waals surface area contributed by atoms with Crippen LogP contribution in [0.5, 0.6) is 0 Å². The van der Waals surface area contributed by atoms with E-state index >= 15 is 0 Å². The molecule has 0 radical (unpaired) electrons. The Hall–Kier alpha value is -2.41. The van der Waals surface area contributed by atoms with E-state index in [1.165, 1.54) is 0 Å². The molecule has 0 aliphatic carbocycles. The zero-order chi connectivity index (χ0) is 17.8. The minimum absolute atomic E-state index is 0.0308. The van der Waals surface area contributed by atoms with Gasteiger partial charge in [0.15, 0.2) is 5.13 Å². The predicted molar refractivity (Wildman–Crippen MR) is 99.2 cm³/mol. The fourth-order valence-electron chi connectivity index (χ4n) is 2.99. The number of aromatic nitrogens is 1. The first-order valence-electron chi connectivity index (χ1n) is 8.31. The molecule has 1 aliphatic rings. The van der Waals surface area contributed by atoms with Crippen LogP contribution in [-0.4, -0.2) is 54.4 Å². The van der Waals surface area contributed by atoms with Gasteiger partial charge in [0.05, 0.1) is 6.54 Å². The van der Waals surface area contributed by atoms with E-state index < -0.39 is 0 Å². The number of piperazine rings is 1. The van der Waals surface area contributed by atoms with Crippen molar-refractivity contribution in [2.45, 2.75) is 13.8 Å². The summed E-state index contributed by atoms with van der Waals surface area (Å²) >= 11 is 1.61. The lowest BCUT2D eigenvalue weighted by Gasteiger charge is -2.34. The summed E-state index contributed by atoms with van der Waals surface area (Å²) in [5.41, 5.74) is 2.67. The average molecular weight is 358 g/mol. The van der Waals surface area contributed by atoms with Crippen LogP contribution in [0.15, 0.2) is 29.8 Å². The zero-order valence-corrected chi connectivity index (χ0v) is 15.3. The van der Waals surface area contributed by atoms with Gasteiger partial charge in [0.25, 0.3) is 5.91 Å². The fourth-order valence-corrected chi connectivity index (χ4v) is 3.69. The van der Waals surface area contributed by atoms with E-state index in [2.05, 4.69) is 15.2 Å². The normalized spacial score (nSPS) is 14.5. The molecule has 1 aliphatic heterocycles. The number of aryl methyl sites for hydroxylation is 2. The molecule has 0 atom stereocenters. The summed E-state index contributed by atoms with van der Waals surface area (Å²) < 4.78 is 0. The summed E-state index contributed by atoms with van der Waals surface area (Å²) in [7, 11) is 0. The Morgan fingerprint density at radius 2 is 1.80 bits per heavy atom. The number of rotatable bonds is 4. The Bertz CT molecular complexity index is 732. The molecule has 3 rings (SSSR count). The molecular weight excluding hydrogens is 336 g/mol. The maximum atomic E-state index is 12.3. The second-order valence-corrected chi connectivity index (χ2v) is 7.11. The first-order chi connectivity index (χ1) is 12.0. The van der Waals surface area contributed by atoms with Crippen molar-refractivity contribution in [3.63, 3.8) is 0 Å². The number of anilines is 1. The number of nitrogens with zero attached hydrogens (tertiary/aromatic N) is 3. The van der Waals surface area contributed by atoms with E-state index in [-0.39, 0.29) is 18.4 Å². The topological polar surface area (TPSA) is 65.5 Å². The molecule has 7 heteroatoms. The van der Waals surface area contributed by atoms with Gasteiger partial charge in [-0.05, 0) is 26.0 Å². The highest BCUT2D eigenvalue weighted by Gasteiger charge is 2.22. The lowest BCUT2D eigenvalue weighted by atomic mass is 10.1. The Balaban J connectivity index is 1.49. The standard InChI is InChI=1S/C18H22N4O2S/c1-13-9-14(2)11-15(10-13)17(24)20-12-16(23)21-4-6-22(7-5-21)18-19-3-8-25-18/h3,8-11H,4-7,12H2,1-2H3,(H,20,24). The van der Waals surface area contributed by atoms with Gasteiger partial charge >= 0.3 is 0 Å². The minimum Gasteiger partial charge on any atom is -0.345 e. The van der Waals surface area contributed by atoms with E-state index in [0.29, 0.717) is 18.7 Å². The quantitative estimate of drug-likeness (QED) is 0.906. The van der Waals surface area contributed by atoms with Crippen LogP contribution in [0.3, 0.4) is 0 Å². The predicted octanol–water partition coefficient (Wildman–Crippen LogP) is 1.84. The lowest BCUT2D eigenvalue weighted by Crippen LogP contribution is -2.51. The van der Waals surface area contributed by atoms with Gasteiger partial charge < -0.3 is 15.1 Å². The van der Waals surface area contributed by atoms with Crippen LogP contribution >= 0.6 is 11.3 Å². The van der Waals surface area contributed by atoms with E-state index in [9.17, 15) is 9.59 Å². The highest BCUT2D eigenvalue weighted by atomic mass is 32.1.